The maximum atomic E-state index is 12.1. The third kappa shape index (κ3) is 5.55. The summed E-state index contributed by atoms with van der Waals surface area (Å²) in [7, 11) is 0. The molecule has 5 fully saturated rings. The molecule has 4 aliphatic carbocycles. The molecule has 0 bridgehead atoms. The molecule has 16 atom stereocenters. The Morgan fingerprint density at radius 2 is 1.61 bits per heavy atom. The molecule has 5 aliphatic rings. The third-order valence-electron chi connectivity index (χ3n) is 14.6. The maximum Gasteiger partial charge on any atom is 0.186 e. The first-order valence-electron chi connectivity index (χ1n) is 17.6. The van der Waals surface area contributed by atoms with Gasteiger partial charge < -0.3 is 50.3 Å². The highest BCUT2D eigenvalue weighted by Crippen LogP contribution is 2.76. The van der Waals surface area contributed by atoms with Gasteiger partial charge in [0.25, 0.3) is 0 Å². The molecule has 266 valence electrons. The van der Waals surface area contributed by atoms with Gasteiger partial charge in [-0.05, 0) is 111 Å². The summed E-state index contributed by atoms with van der Waals surface area (Å²) in [6.45, 7) is 14.2. The summed E-state index contributed by atoms with van der Waals surface area (Å²) in [4.78, 5) is 0. The van der Waals surface area contributed by atoms with Crippen molar-refractivity contribution < 1.29 is 50.3 Å². The highest BCUT2D eigenvalue weighted by molar-refractivity contribution is 5.22. The molecule has 5 rings (SSSR count). The second-order valence-corrected chi connectivity index (χ2v) is 17.4. The van der Waals surface area contributed by atoms with Crippen LogP contribution in [0.15, 0.2) is 11.6 Å². The van der Waals surface area contributed by atoms with E-state index in [0.717, 1.165) is 24.8 Å². The van der Waals surface area contributed by atoms with Crippen LogP contribution in [0.1, 0.15) is 99.8 Å². The van der Waals surface area contributed by atoms with Crippen molar-refractivity contribution in [2.24, 2.45) is 45.3 Å². The van der Waals surface area contributed by atoms with Gasteiger partial charge >= 0.3 is 0 Å². The first kappa shape index (κ1) is 36.6. The molecule has 46 heavy (non-hydrogen) atoms. The Morgan fingerprint density at radius 1 is 0.935 bits per heavy atom. The predicted molar refractivity (Wildman–Crippen MR) is 171 cm³/mol. The quantitative estimate of drug-likeness (QED) is 0.143. The second kappa shape index (κ2) is 12.6. The Bertz CT molecular complexity index is 1120. The van der Waals surface area contributed by atoms with Gasteiger partial charge in [-0.15, -0.1) is 0 Å². The number of rotatable bonds is 8. The van der Waals surface area contributed by atoms with Crippen LogP contribution in [0.25, 0.3) is 0 Å². The number of hydrogen-bond donors (Lipinski definition) is 8. The molecular weight excluding hydrogens is 592 g/mol. The molecule has 0 spiro atoms. The fourth-order valence-corrected chi connectivity index (χ4v) is 11.9. The summed E-state index contributed by atoms with van der Waals surface area (Å²) >= 11 is 0. The molecule has 8 N–H and O–H groups in total. The number of aliphatic hydroxyl groups is 8. The van der Waals surface area contributed by atoms with Crippen molar-refractivity contribution in [2.45, 2.75) is 154 Å². The number of aliphatic hydroxyl groups excluding tert-OH is 7. The normalized spacial score (nSPS) is 51.9. The Morgan fingerprint density at radius 3 is 2.24 bits per heavy atom. The van der Waals surface area contributed by atoms with Gasteiger partial charge in [-0.25, -0.2) is 0 Å². The summed E-state index contributed by atoms with van der Waals surface area (Å²) in [5, 5.41) is 86.6. The van der Waals surface area contributed by atoms with Crippen molar-refractivity contribution >= 4 is 0 Å². The van der Waals surface area contributed by atoms with Crippen LogP contribution in [0.2, 0.25) is 0 Å². The number of hydrogen-bond acceptors (Lipinski definition) is 10. The lowest BCUT2D eigenvalue weighted by atomic mass is 9.34. The first-order valence-corrected chi connectivity index (χ1v) is 17.6. The molecule has 0 aromatic rings. The van der Waals surface area contributed by atoms with E-state index in [-0.39, 0.29) is 46.5 Å². The summed E-state index contributed by atoms with van der Waals surface area (Å²) in [5.74, 6) is -0.347. The number of fused-ring (bicyclic) bond motifs is 5. The second-order valence-electron chi connectivity index (χ2n) is 17.4. The minimum atomic E-state index is -1.56. The van der Waals surface area contributed by atoms with E-state index in [9.17, 15) is 40.9 Å². The lowest BCUT2D eigenvalue weighted by molar-refractivity contribution is -0.346. The van der Waals surface area contributed by atoms with Gasteiger partial charge in [0.1, 0.15) is 24.4 Å². The molecule has 0 aromatic heterocycles. The zero-order chi connectivity index (χ0) is 34.2. The summed E-state index contributed by atoms with van der Waals surface area (Å²) in [5.41, 5.74) is -1.77. The van der Waals surface area contributed by atoms with Crippen molar-refractivity contribution in [2.75, 3.05) is 13.2 Å². The van der Waals surface area contributed by atoms with Crippen LogP contribution in [-0.2, 0) is 9.47 Å². The highest BCUT2D eigenvalue weighted by Gasteiger charge is 2.73. The van der Waals surface area contributed by atoms with E-state index in [1.807, 2.05) is 19.9 Å². The van der Waals surface area contributed by atoms with E-state index < -0.39 is 66.6 Å². The van der Waals surface area contributed by atoms with Crippen LogP contribution in [0.4, 0.5) is 0 Å². The average Bonchev–Trinajstić information content (AvgIpc) is 3.37. The van der Waals surface area contributed by atoms with Crippen molar-refractivity contribution in [3.8, 4) is 0 Å². The molecule has 4 saturated carbocycles. The van der Waals surface area contributed by atoms with Crippen molar-refractivity contribution in [3.05, 3.63) is 11.6 Å². The molecule has 10 nitrogen and oxygen atoms in total. The monoisotopic (exact) mass is 654 g/mol. The maximum absolute atomic E-state index is 12.1. The number of allylic oxidation sites excluding steroid dienone is 1. The van der Waals surface area contributed by atoms with Crippen LogP contribution in [0, 0.1) is 45.3 Å². The zero-order valence-electron chi connectivity index (χ0n) is 29.0. The van der Waals surface area contributed by atoms with Gasteiger partial charge in [0.05, 0.1) is 37.1 Å². The molecule has 0 aromatic carbocycles. The fourth-order valence-electron chi connectivity index (χ4n) is 11.9. The third-order valence-corrected chi connectivity index (χ3v) is 14.6. The zero-order valence-corrected chi connectivity index (χ0v) is 29.0. The molecular formula is C36H62O10. The Labute approximate surface area is 274 Å². The first-order chi connectivity index (χ1) is 21.3. The van der Waals surface area contributed by atoms with Crippen molar-refractivity contribution in [3.63, 3.8) is 0 Å². The molecule has 10 heteroatoms. The van der Waals surface area contributed by atoms with E-state index in [1.165, 1.54) is 0 Å². The average molecular weight is 655 g/mol. The van der Waals surface area contributed by atoms with E-state index in [2.05, 4.69) is 34.6 Å². The van der Waals surface area contributed by atoms with Crippen molar-refractivity contribution in [1.82, 2.24) is 0 Å². The molecule has 1 saturated heterocycles. The van der Waals surface area contributed by atoms with Crippen LogP contribution >= 0.6 is 0 Å². The highest BCUT2D eigenvalue weighted by atomic mass is 16.7. The van der Waals surface area contributed by atoms with Gasteiger partial charge in [-0.3, -0.25) is 0 Å². The van der Waals surface area contributed by atoms with Crippen molar-refractivity contribution in [1.29, 1.82) is 0 Å². The Hall–Kier alpha value is -0.660. The molecule has 0 amide bonds. The summed E-state index contributed by atoms with van der Waals surface area (Å²) < 4.78 is 12.6. The molecule has 0 radical (unpaired) electrons. The standard InChI is InChI=1S/C36H62O10/c1-19(17-37)9-8-12-36(7,44)20-10-14-34(5)26(20)21(39)15-24-33(4)13-11-25(40)32(2,3)30(33)22(16-35(24,34)6)45-31-29(43)28(42)27(41)23(18-38)46-31/h9,20-31,37-44H,8,10-18H2,1-7H3/b19-9-/t20-,21+,22-,23+,24+,25-,26-,27+,28-,29+,30-,31+,33+,34+,35+,36-/m0/s1. The van der Waals surface area contributed by atoms with Gasteiger partial charge in [0.15, 0.2) is 6.29 Å². The minimum absolute atomic E-state index is 0.00924. The van der Waals surface area contributed by atoms with E-state index in [0.29, 0.717) is 32.1 Å². The molecule has 0 unspecified atom stereocenters. The Balaban J connectivity index is 1.53. The summed E-state index contributed by atoms with van der Waals surface area (Å²) in [6, 6.07) is 0. The minimum Gasteiger partial charge on any atom is -0.394 e. The van der Waals surface area contributed by atoms with Gasteiger partial charge in [0, 0.05) is 0 Å². The van der Waals surface area contributed by atoms with Crippen LogP contribution < -0.4 is 0 Å². The number of ether oxygens (including phenoxy) is 2. The Kier molecular flexibility index (Phi) is 10.0. The lowest BCUT2D eigenvalue weighted by Gasteiger charge is -2.72. The van der Waals surface area contributed by atoms with E-state index in [4.69, 9.17) is 9.47 Å². The van der Waals surface area contributed by atoms with Crippen LogP contribution in [0.3, 0.4) is 0 Å². The largest absolute Gasteiger partial charge is 0.394 e. The SMILES string of the molecule is C/C(=C/CC[C@](C)(O)[C@H]1CC[C@]2(C)[C@@H]1[C@H](O)C[C@@H]1[C@@]3(C)CC[C@H](O)C(C)(C)[C@@H]3[C@@H](O[C@@H]3O[C@H](CO)[C@@H](O)[C@H](O)[C@H]3O)C[C@]12C)CO. The van der Waals surface area contributed by atoms with E-state index in [1.54, 1.807) is 0 Å². The van der Waals surface area contributed by atoms with E-state index >= 15 is 0 Å². The van der Waals surface area contributed by atoms with Crippen LogP contribution in [0.5, 0.6) is 0 Å². The smallest absolute Gasteiger partial charge is 0.186 e. The van der Waals surface area contributed by atoms with Gasteiger partial charge in [-0.2, -0.15) is 0 Å². The topological polar surface area (TPSA) is 180 Å². The van der Waals surface area contributed by atoms with Gasteiger partial charge in [-0.1, -0.05) is 46.3 Å². The molecule has 1 aliphatic heterocycles. The van der Waals surface area contributed by atoms with Gasteiger partial charge in [0.2, 0.25) is 0 Å². The molecule has 1 heterocycles. The summed E-state index contributed by atoms with van der Waals surface area (Å²) in [6.07, 6.45) is -1.39. The predicted octanol–water partition coefficient (Wildman–Crippen LogP) is 2.27. The van der Waals surface area contributed by atoms with Crippen LogP contribution in [-0.4, -0.2) is 109 Å². The fraction of sp³-hybridized carbons (Fsp3) is 0.944. The lowest BCUT2D eigenvalue weighted by Crippen LogP contribution is -2.71.